The lowest BCUT2D eigenvalue weighted by molar-refractivity contribution is 0.583. The Labute approximate surface area is 161 Å². The maximum Gasteiger partial charge on any atom is 0.214 e. The van der Waals surface area contributed by atoms with Crippen LogP contribution in [0.25, 0.3) is 0 Å². The van der Waals surface area contributed by atoms with E-state index in [0.29, 0.717) is 17.3 Å². The largest absolute Gasteiger partial charge is 0.335 e. The number of halogens is 1. The second-order valence-electron chi connectivity index (χ2n) is 5.86. The molecule has 0 saturated heterocycles. The van der Waals surface area contributed by atoms with Gasteiger partial charge in [-0.1, -0.05) is 41.9 Å². The molecule has 6 nitrogen and oxygen atoms in total. The van der Waals surface area contributed by atoms with Crippen molar-refractivity contribution >= 4 is 33.7 Å². The molecule has 2 aromatic carbocycles. The van der Waals surface area contributed by atoms with Crippen LogP contribution in [-0.2, 0) is 16.3 Å². The van der Waals surface area contributed by atoms with Crippen LogP contribution >= 0.6 is 23.8 Å². The summed E-state index contributed by atoms with van der Waals surface area (Å²) in [6.07, 6.45) is 0.334. The highest BCUT2D eigenvalue weighted by Gasteiger charge is 2.24. The molecule has 0 amide bonds. The van der Waals surface area contributed by atoms with Crippen LogP contribution in [0.3, 0.4) is 0 Å². The Morgan fingerprint density at radius 2 is 1.81 bits per heavy atom. The minimum Gasteiger partial charge on any atom is -0.335 e. The van der Waals surface area contributed by atoms with Gasteiger partial charge in [-0.2, -0.15) is 5.10 Å². The molecule has 0 spiro atoms. The fraction of sp³-hybridized carbons (Fsp3) is 0.176. The van der Waals surface area contributed by atoms with Crippen LogP contribution in [-0.4, -0.2) is 29.0 Å². The van der Waals surface area contributed by atoms with Crippen molar-refractivity contribution in [2.24, 2.45) is 0 Å². The van der Waals surface area contributed by atoms with Gasteiger partial charge in [0.1, 0.15) is 0 Å². The fourth-order valence-corrected chi connectivity index (χ4v) is 4.56. The Morgan fingerprint density at radius 3 is 2.38 bits per heavy atom. The van der Waals surface area contributed by atoms with E-state index in [1.807, 2.05) is 30.3 Å². The molecule has 0 fully saturated rings. The number of nitrogens with zero attached hydrogens (tertiary/aromatic N) is 2. The number of nitrogens with two attached hydrogens (primary N) is 1. The van der Waals surface area contributed by atoms with Crippen LogP contribution in [0.15, 0.2) is 59.5 Å². The summed E-state index contributed by atoms with van der Waals surface area (Å²) >= 11 is 10.9. The molecule has 26 heavy (non-hydrogen) atoms. The third kappa shape index (κ3) is 4.14. The average Bonchev–Trinajstić information content (AvgIpc) is 2.94. The number of hydrogen-bond acceptors (Lipinski definition) is 5. The first-order chi connectivity index (χ1) is 12.4. The van der Waals surface area contributed by atoms with E-state index in [4.69, 9.17) is 29.7 Å². The topological polar surface area (TPSA) is 93.8 Å². The number of nitrogens with one attached hydrogen (secondary N) is 1. The SMILES string of the molecule is Nn1c(CC(CS(=O)(=O)c2ccc(Cl)cc2)c2ccccc2)n[nH]c1=S. The number of aromatic amines is 1. The third-order valence-electron chi connectivity index (χ3n) is 4.07. The van der Waals surface area contributed by atoms with E-state index in [-0.39, 0.29) is 21.3 Å². The number of aromatic nitrogens is 3. The highest BCUT2D eigenvalue weighted by molar-refractivity contribution is 7.91. The van der Waals surface area contributed by atoms with Crippen LogP contribution in [0.1, 0.15) is 17.3 Å². The van der Waals surface area contributed by atoms with Crippen molar-refractivity contribution in [1.29, 1.82) is 0 Å². The molecule has 0 aliphatic heterocycles. The van der Waals surface area contributed by atoms with Crippen LogP contribution in [0, 0.1) is 4.77 Å². The first-order valence-corrected chi connectivity index (χ1v) is 10.3. The van der Waals surface area contributed by atoms with Gasteiger partial charge in [0.25, 0.3) is 0 Å². The lowest BCUT2D eigenvalue weighted by atomic mass is 9.97. The van der Waals surface area contributed by atoms with Crippen LogP contribution in [0.2, 0.25) is 5.02 Å². The molecule has 1 atom stereocenters. The summed E-state index contributed by atoms with van der Waals surface area (Å²) in [6, 6.07) is 15.6. The predicted molar refractivity (Wildman–Crippen MR) is 104 cm³/mol. The van der Waals surface area contributed by atoms with Crippen molar-refractivity contribution < 1.29 is 8.42 Å². The molecule has 0 aliphatic carbocycles. The number of benzene rings is 2. The molecule has 0 saturated carbocycles. The van der Waals surface area contributed by atoms with E-state index >= 15 is 0 Å². The molecule has 1 unspecified atom stereocenters. The molecule has 0 bridgehead atoms. The van der Waals surface area contributed by atoms with Crippen molar-refractivity contribution in [2.75, 3.05) is 11.6 Å². The average molecular weight is 409 g/mol. The van der Waals surface area contributed by atoms with Crippen molar-refractivity contribution in [3.8, 4) is 0 Å². The molecule has 3 aromatic rings. The van der Waals surface area contributed by atoms with Gasteiger partial charge in [0, 0.05) is 17.4 Å². The van der Waals surface area contributed by atoms with E-state index < -0.39 is 9.84 Å². The quantitative estimate of drug-likeness (QED) is 0.482. The van der Waals surface area contributed by atoms with E-state index in [0.717, 1.165) is 5.56 Å². The van der Waals surface area contributed by atoms with Crippen LogP contribution in [0.4, 0.5) is 0 Å². The maximum atomic E-state index is 12.9. The minimum absolute atomic E-state index is 0.0851. The fourth-order valence-electron chi connectivity index (χ4n) is 2.70. The minimum atomic E-state index is -3.52. The molecular formula is C17H17ClN4O2S2. The number of H-pyrrole nitrogens is 1. The summed E-state index contributed by atoms with van der Waals surface area (Å²) in [5.74, 6) is 5.96. The first kappa shape index (κ1) is 18.6. The number of nitrogen functional groups attached to an aromatic ring is 1. The lowest BCUT2D eigenvalue weighted by Crippen LogP contribution is -2.21. The van der Waals surface area contributed by atoms with Gasteiger partial charge in [0.2, 0.25) is 4.77 Å². The Morgan fingerprint density at radius 1 is 1.15 bits per heavy atom. The van der Waals surface area contributed by atoms with Crippen molar-refractivity contribution in [3.05, 3.63) is 75.8 Å². The Kier molecular flexibility index (Phi) is 5.45. The number of hydrogen-bond donors (Lipinski definition) is 2. The summed E-state index contributed by atoms with van der Waals surface area (Å²) in [5.41, 5.74) is 0.888. The Hall–Kier alpha value is -2.16. The van der Waals surface area contributed by atoms with Gasteiger partial charge in [0.15, 0.2) is 15.7 Å². The van der Waals surface area contributed by atoms with E-state index in [1.54, 1.807) is 12.1 Å². The predicted octanol–water partition coefficient (Wildman–Crippen LogP) is 3.11. The van der Waals surface area contributed by atoms with Gasteiger partial charge in [-0.15, -0.1) is 0 Å². The standard InChI is InChI=1S/C17H17ClN4O2S2/c18-14-6-8-15(9-7-14)26(23,24)11-13(12-4-2-1-3-5-12)10-16-20-21-17(25)22(16)19/h1-9,13H,10-11,19H2,(H,21,25). The zero-order valence-corrected chi connectivity index (χ0v) is 16.1. The normalized spacial score (nSPS) is 12.8. The monoisotopic (exact) mass is 408 g/mol. The first-order valence-electron chi connectivity index (χ1n) is 7.81. The Balaban J connectivity index is 1.94. The van der Waals surface area contributed by atoms with Crippen molar-refractivity contribution in [2.45, 2.75) is 17.2 Å². The highest BCUT2D eigenvalue weighted by atomic mass is 35.5. The summed E-state index contributed by atoms with van der Waals surface area (Å²) in [4.78, 5) is 0.231. The zero-order valence-electron chi connectivity index (χ0n) is 13.7. The van der Waals surface area contributed by atoms with Gasteiger partial charge in [-0.25, -0.2) is 13.1 Å². The lowest BCUT2D eigenvalue weighted by Gasteiger charge is -2.17. The zero-order chi connectivity index (χ0) is 18.7. The molecule has 0 radical (unpaired) electrons. The van der Waals surface area contributed by atoms with Crippen molar-refractivity contribution in [1.82, 2.24) is 14.9 Å². The second kappa shape index (κ2) is 7.61. The molecule has 3 rings (SSSR count). The van der Waals surface area contributed by atoms with Crippen LogP contribution < -0.4 is 5.84 Å². The van der Waals surface area contributed by atoms with E-state index in [2.05, 4.69) is 10.2 Å². The van der Waals surface area contributed by atoms with Crippen molar-refractivity contribution in [3.63, 3.8) is 0 Å². The molecule has 136 valence electrons. The van der Waals surface area contributed by atoms with E-state index in [9.17, 15) is 8.42 Å². The third-order valence-corrected chi connectivity index (χ3v) is 6.44. The van der Waals surface area contributed by atoms with Gasteiger partial charge in [-0.05, 0) is 42.0 Å². The maximum absolute atomic E-state index is 12.9. The molecule has 3 N–H and O–H groups in total. The van der Waals surface area contributed by atoms with Gasteiger partial charge in [0.05, 0.1) is 10.6 Å². The smallest absolute Gasteiger partial charge is 0.214 e. The number of sulfone groups is 1. The molecule has 0 aliphatic rings. The Bertz CT molecular complexity index is 1040. The molecular weight excluding hydrogens is 392 g/mol. The van der Waals surface area contributed by atoms with Gasteiger partial charge in [-0.3, -0.25) is 5.10 Å². The van der Waals surface area contributed by atoms with Gasteiger partial charge < -0.3 is 5.84 Å². The summed E-state index contributed by atoms with van der Waals surface area (Å²) in [6.45, 7) is 0. The van der Waals surface area contributed by atoms with Crippen LogP contribution in [0.5, 0.6) is 0 Å². The van der Waals surface area contributed by atoms with E-state index in [1.165, 1.54) is 16.8 Å². The van der Waals surface area contributed by atoms with Gasteiger partial charge >= 0.3 is 0 Å². The second-order valence-corrected chi connectivity index (χ2v) is 8.72. The molecule has 1 aromatic heterocycles. The highest BCUT2D eigenvalue weighted by Crippen LogP contribution is 2.25. The molecule has 1 heterocycles. The summed E-state index contributed by atoms with van der Waals surface area (Å²) in [7, 11) is -3.52. The number of rotatable bonds is 6. The summed E-state index contributed by atoms with van der Waals surface area (Å²) < 4.78 is 27.3. The molecule has 9 heteroatoms. The summed E-state index contributed by atoms with van der Waals surface area (Å²) in [5, 5.41) is 7.21.